The van der Waals surface area contributed by atoms with Gasteiger partial charge in [0.05, 0.1) is 5.70 Å². The van der Waals surface area contributed by atoms with Gasteiger partial charge in [-0.25, -0.2) is 4.39 Å². The number of aromatic amines is 1. The van der Waals surface area contributed by atoms with Gasteiger partial charge in [0.15, 0.2) is 11.0 Å². The molecule has 9 heteroatoms. The van der Waals surface area contributed by atoms with Gasteiger partial charge in [-0.1, -0.05) is 29.4 Å². The van der Waals surface area contributed by atoms with Crippen molar-refractivity contribution < 1.29 is 9.50 Å². The average Bonchev–Trinajstić information content (AvgIpc) is 2.93. The number of azo groups is 1. The molecule has 0 radical (unpaired) electrons. The highest BCUT2D eigenvalue weighted by atomic mass is 35.6. The summed E-state index contributed by atoms with van der Waals surface area (Å²) in [5.41, 5.74) is 2.31. The summed E-state index contributed by atoms with van der Waals surface area (Å²) in [6.45, 7) is 1.69. The molecule has 0 fully saturated rings. The molecule has 0 spiro atoms. The topological polar surface area (TPSA) is 84.6 Å². The van der Waals surface area contributed by atoms with Crippen LogP contribution in [0.15, 0.2) is 58.8 Å². The Morgan fingerprint density at radius 1 is 1.18 bits per heavy atom. The van der Waals surface area contributed by atoms with Gasteiger partial charge in [0, 0.05) is 22.0 Å². The summed E-state index contributed by atoms with van der Waals surface area (Å²) in [4.78, 5) is 2.91. The van der Waals surface area contributed by atoms with Crippen LogP contribution < -0.4 is 0 Å². The molecule has 5 nitrogen and oxygen atoms in total. The van der Waals surface area contributed by atoms with E-state index in [9.17, 15) is 9.50 Å². The molecule has 0 aliphatic heterocycles. The highest BCUT2D eigenvalue weighted by molar-refractivity contribution is 8.43. The van der Waals surface area contributed by atoms with E-state index in [1.165, 1.54) is 23.3 Å². The molecule has 0 saturated carbocycles. The van der Waals surface area contributed by atoms with Crippen molar-refractivity contribution in [1.82, 2.24) is 4.98 Å². The predicted octanol–water partition coefficient (Wildman–Crippen LogP) is 6.57. The van der Waals surface area contributed by atoms with Gasteiger partial charge in [0.2, 0.25) is 6.53 Å². The third-order valence-corrected chi connectivity index (χ3v) is 7.23. The molecule has 144 valence electrons. The van der Waals surface area contributed by atoms with Crippen molar-refractivity contribution in [2.45, 2.75) is 13.1 Å². The fourth-order valence-electron chi connectivity index (χ4n) is 2.57. The van der Waals surface area contributed by atoms with Crippen LogP contribution in [0.1, 0.15) is 11.1 Å². The first-order chi connectivity index (χ1) is 13.2. The number of hydrogen-bond donors (Lipinski definition) is 3. The molecule has 0 amide bonds. The van der Waals surface area contributed by atoms with E-state index < -0.39 is 6.53 Å². The van der Waals surface area contributed by atoms with Crippen LogP contribution in [0, 0.1) is 11.2 Å². The largest absolute Gasteiger partial charge is 0.494 e. The Bertz CT molecular complexity index is 1070. The second-order valence-corrected chi connectivity index (χ2v) is 16.9. The first-order valence-corrected chi connectivity index (χ1v) is 13.9. The zero-order valence-corrected chi connectivity index (χ0v) is 17.8. The normalized spacial score (nSPS) is 12.8. The molecule has 3 N–H and O–H groups in total. The van der Waals surface area contributed by atoms with E-state index in [1.54, 1.807) is 18.2 Å². The fourth-order valence-corrected chi connectivity index (χ4v) is 5.27. The number of amidine groups is 1. The Kier molecular flexibility index (Phi) is 6.02. The van der Waals surface area contributed by atoms with Gasteiger partial charge in [0.1, 0.15) is 5.82 Å². The summed E-state index contributed by atoms with van der Waals surface area (Å²) in [5.74, 6) is -0.372. The Morgan fingerprint density at radius 2 is 1.86 bits per heavy atom. The van der Waals surface area contributed by atoms with Gasteiger partial charge in [-0.15, -0.1) is 10.2 Å². The number of fused-ring (bicyclic) bond motifs is 1. The molecule has 3 rings (SSSR count). The van der Waals surface area contributed by atoms with E-state index in [0.29, 0.717) is 16.8 Å². The van der Waals surface area contributed by atoms with Gasteiger partial charge >= 0.3 is 0 Å². The Labute approximate surface area is 171 Å². The number of nitrogens with one attached hydrogen (secondary N) is 2. The van der Waals surface area contributed by atoms with Gasteiger partial charge in [-0.2, -0.15) is 11.1 Å². The second kappa shape index (κ2) is 8.30. The number of rotatable bonds is 4. The minimum Gasteiger partial charge on any atom is -0.494 e. The van der Waals surface area contributed by atoms with Crippen LogP contribution in [0.25, 0.3) is 22.7 Å². The van der Waals surface area contributed by atoms with Crippen molar-refractivity contribution in [1.29, 1.82) is 5.41 Å². The Morgan fingerprint density at radius 3 is 2.54 bits per heavy atom. The third kappa shape index (κ3) is 5.09. The molecule has 28 heavy (non-hydrogen) atoms. The summed E-state index contributed by atoms with van der Waals surface area (Å²) in [5, 5.41) is 27.3. The van der Waals surface area contributed by atoms with Crippen molar-refractivity contribution in [2.75, 3.05) is 0 Å². The smallest absolute Gasteiger partial charge is 0.218 e. The number of H-pyrrole nitrogens is 1. The van der Waals surface area contributed by atoms with Crippen LogP contribution in [-0.4, -0.2) is 21.8 Å². The van der Waals surface area contributed by atoms with Crippen LogP contribution in [0.3, 0.4) is 0 Å². The van der Waals surface area contributed by atoms with E-state index >= 15 is 0 Å². The molecule has 2 aromatic carbocycles. The molecule has 0 aliphatic carbocycles. The number of hydrogen-bond acceptors (Lipinski definition) is 4. The quantitative estimate of drug-likeness (QED) is 0.143. The lowest BCUT2D eigenvalue weighted by molar-refractivity contribution is 0.457. The maximum atomic E-state index is 13.3. The summed E-state index contributed by atoms with van der Waals surface area (Å²) in [6, 6.07) is 13.2. The lowest BCUT2D eigenvalue weighted by atomic mass is 10.1. The molecular formula is C19H18ClFN4OSSi. The standard InChI is InChI=1S/C19H18ClFN4OSSi/c1-28(2,20)27-19(22)25-24-17(12-7-9-13(21)10-8-12)11-15-14-5-3-4-6-16(14)23-18(15)26/h3-11,22-23,26H,1-2H3/b17-11+,22-19?,25-24?. The average molecular weight is 433 g/mol. The van der Waals surface area contributed by atoms with Crippen molar-refractivity contribution in [3.8, 4) is 5.88 Å². The molecule has 0 aliphatic rings. The maximum Gasteiger partial charge on any atom is 0.218 e. The van der Waals surface area contributed by atoms with Crippen molar-refractivity contribution in [3.63, 3.8) is 0 Å². The molecule has 3 aromatic rings. The first kappa shape index (κ1) is 20.3. The molecule has 1 aromatic heterocycles. The molecule has 0 saturated heterocycles. The number of aromatic hydroxyl groups is 1. The number of para-hydroxylation sites is 1. The first-order valence-electron chi connectivity index (χ1n) is 8.38. The van der Waals surface area contributed by atoms with E-state index in [1.807, 2.05) is 37.4 Å². The number of nitrogens with zero attached hydrogens (tertiary/aromatic N) is 2. The lowest BCUT2D eigenvalue weighted by Crippen LogP contribution is -2.12. The molecule has 0 atom stereocenters. The molecule has 1 heterocycles. The summed E-state index contributed by atoms with van der Waals surface area (Å²) >= 11 is 7.44. The predicted molar refractivity (Wildman–Crippen MR) is 118 cm³/mol. The SMILES string of the molecule is C[Si](C)(Cl)SC(=N)N=N/C(=C/c1c(O)[nH]c2ccccc12)c1ccc(F)cc1. The van der Waals surface area contributed by atoms with E-state index in [2.05, 4.69) is 15.2 Å². The zero-order valence-electron chi connectivity index (χ0n) is 15.2. The van der Waals surface area contributed by atoms with Crippen molar-refractivity contribution >= 4 is 56.7 Å². The monoisotopic (exact) mass is 432 g/mol. The zero-order chi connectivity index (χ0) is 20.3. The highest BCUT2D eigenvalue weighted by Crippen LogP contribution is 2.32. The van der Waals surface area contributed by atoms with Crippen LogP contribution >= 0.6 is 22.3 Å². The van der Waals surface area contributed by atoms with Gasteiger partial charge in [-0.3, -0.25) is 5.41 Å². The van der Waals surface area contributed by atoms with Crippen LogP contribution in [0.2, 0.25) is 13.1 Å². The minimum atomic E-state index is -2.09. The summed E-state index contributed by atoms with van der Waals surface area (Å²) in [6.07, 6.45) is 1.66. The minimum absolute atomic E-state index is 0.00262. The van der Waals surface area contributed by atoms with E-state index in [-0.39, 0.29) is 16.9 Å². The molecule has 0 unspecified atom stereocenters. The van der Waals surface area contributed by atoms with Gasteiger partial charge in [0.25, 0.3) is 0 Å². The third-order valence-electron chi connectivity index (χ3n) is 3.73. The van der Waals surface area contributed by atoms with Crippen LogP contribution in [-0.2, 0) is 0 Å². The van der Waals surface area contributed by atoms with Crippen molar-refractivity contribution in [2.24, 2.45) is 10.2 Å². The number of benzene rings is 2. The second-order valence-electron chi connectivity index (χ2n) is 6.44. The van der Waals surface area contributed by atoms with Gasteiger partial charge in [-0.05, 0) is 49.5 Å². The molecular weight excluding hydrogens is 415 g/mol. The van der Waals surface area contributed by atoms with E-state index in [0.717, 1.165) is 10.9 Å². The summed E-state index contributed by atoms with van der Waals surface area (Å²) < 4.78 is 13.3. The van der Waals surface area contributed by atoms with Gasteiger partial charge < -0.3 is 10.1 Å². The summed E-state index contributed by atoms with van der Waals surface area (Å²) in [7, 11) is 0. The van der Waals surface area contributed by atoms with E-state index in [4.69, 9.17) is 16.5 Å². The Balaban J connectivity index is 2.05. The lowest BCUT2D eigenvalue weighted by Gasteiger charge is -2.09. The Hall–Kier alpha value is -2.42. The van der Waals surface area contributed by atoms with Crippen LogP contribution in [0.5, 0.6) is 5.88 Å². The highest BCUT2D eigenvalue weighted by Gasteiger charge is 2.20. The fraction of sp³-hybridized carbons (Fsp3) is 0.105. The van der Waals surface area contributed by atoms with Crippen molar-refractivity contribution in [3.05, 3.63) is 65.5 Å². The maximum absolute atomic E-state index is 13.3. The number of aromatic nitrogens is 1. The van der Waals surface area contributed by atoms with Crippen LogP contribution in [0.4, 0.5) is 4.39 Å². The molecule has 0 bridgehead atoms. The number of halogens is 2.